The van der Waals surface area contributed by atoms with E-state index in [-0.39, 0.29) is 0 Å². The lowest BCUT2D eigenvalue weighted by molar-refractivity contribution is 0.0435. The molecule has 0 saturated carbocycles. The van der Waals surface area contributed by atoms with Gasteiger partial charge in [0.2, 0.25) is 0 Å². The molecule has 1 rings (SSSR count). The van der Waals surface area contributed by atoms with E-state index in [9.17, 15) is 9.90 Å². The zero-order valence-electron chi connectivity index (χ0n) is 12.6. The van der Waals surface area contributed by atoms with Gasteiger partial charge in [-0.2, -0.15) is 0 Å². The van der Waals surface area contributed by atoms with Crippen molar-refractivity contribution < 1.29 is 19.4 Å². The average Bonchev–Trinajstić information content (AvgIpc) is 2.35. The third-order valence-corrected chi connectivity index (χ3v) is 2.65. The van der Waals surface area contributed by atoms with Crippen molar-refractivity contribution in [2.24, 2.45) is 0 Å². The summed E-state index contributed by atoms with van der Waals surface area (Å²) in [4.78, 5) is 11.7. The molecule has 5 heteroatoms. The highest BCUT2D eigenvalue weighted by atomic mass is 16.6. The van der Waals surface area contributed by atoms with Crippen molar-refractivity contribution in [3.8, 4) is 5.75 Å². The summed E-state index contributed by atoms with van der Waals surface area (Å²) < 4.78 is 10.3. The smallest absolute Gasteiger partial charge is 0.407 e. The van der Waals surface area contributed by atoms with Crippen LogP contribution in [0.15, 0.2) is 24.3 Å². The molecule has 0 bridgehead atoms. The van der Waals surface area contributed by atoms with Gasteiger partial charge in [-0.3, -0.25) is 0 Å². The zero-order valence-corrected chi connectivity index (χ0v) is 12.6. The monoisotopic (exact) mass is 281 g/mol. The molecule has 0 aromatic heterocycles. The van der Waals surface area contributed by atoms with Crippen LogP contribution >= 0.6 is 0 Å². The van der Waals surface area contributed by atoms with E-state index in [0.29, 0.717) is 11.3 Å². The van der Waals surface area contributed by atoms with E-state index in [4.69, 9.17) is 9.47 Å². The van der Waals surface area contributed by atoms with Gasteiger partial charge in [0.05, 0.1) is 19.3 Å². The lowest BCUT2D eigenvalue weighted by atomic mass is 10.0. The number of aliphatic hydroxyl groups excluding tert-OH is 1. The molecule has 112 valence electrons. The number of aliphatic hydroxyl groups is 1. The van der Waals surface area contributed by atoms with Crippen LogP contribution in [0.25, 0.3) is 0 Å². The van der Waals surface area contributed by atoms with Gasteiger partial charge in [0.25, 0.3) is 0 Å². The largest absolute Gasteiger partial charge is 0.497 e. The number of methoxy groups -OCH3 is 1. The summed E-state index contributed by atoms with van der Waals surface area (Å²) in [5.74, 6) is 0.658. The summed E-state index contributed by atoms with van der Waals surface area (Å²) >= 11 is 0. The Morgan fingerprint density at radius 3 is 2.55 bits per heavy atom. The zero-order chi connectivity index (χ0) is 15.3. The lowest BCUT2D eigenvalue weighted by Gasteiger charge is -2.24. The summed E-state index contributed by atoms with van der Waals surface area (Å²) in [5, 5.41) is 12.9. The predicted octanol–water partition coefficient (Wildman–Crippen LogP) is 2.64. The van der Waals surface area contributed by atoms with E-state index >= 15 is 0 Å². The van der Waals surface area contributed by atoms with Crippen LogP contribution in [0.1, 0.15) is 39.4 Å². The number of nitrogens with one attached hydrogen (secondary N) is 1. The van der Waals surface area contributed by atoms with Gasteiger partial charge in [0, 0.05) is 0 Å². The van der Waals surface area contributed by atoms with Crippen molar-refractivity contribution in [3.63, 3.8) is 0 Å². The first-order chi connectivity index (χ1) is 9.23. The molecule has 2 atom stereocenters. The second-order valence-electron chi connectivity index (χ2n) is 5.66. The lowest BCUT2D eigenvalue weighted by Crippen LogP contribution is -2.40. The molecule has 20 heavy (non-hydrogen) atoms. The fourth-order valence-corrected chi connectivity index (χ4v) is 1.69. The summed E-state index contributed by atoms with van der Waals surface area (Å²) in [6.07, 6.45) is -1.38. The normalized spacial score (nSPS) is 14.3. The molecule has 0 saturated heterocycles. The molecule has 0 spiro atoms. The molecule has 1 amide bonds. The molecular weight excluding hydrogens is 258 g/mol. The molecule has 0 aliphatic carbocycles. The number of rotatable bonds is 4. The SMILES string of the molecule is COc1cccc(C(O)C(C)NC(=O)OC(C)(C)C)c1. The molecule has 1 aromatic carbocycles. The van der Waals surface area contributed by atoms with E-state index in [2.05, 4.69) is 5.32 Å². The number of alkyl carbamates (subject to hydrolysis) is 1. The number of amides is 1. The quantitative estimate of drug-likeness (QED) is 0.890. The fourth-order valence-electron chi connectivity index (χ4n) is 1.69. The van der Waals surface area contributed by atoms with Crippen LogP contribution in [0, 0.1) is 0 Å². The highest BCUT2D eigenvalue weighted by Crippen LogP contribution is 2.21. The highest BCUT2D eigenvalue weighted by Gasteiger charge is 2.22. The van der Waals surface area contributed by atoms with E-state index in [0.717, 1.165) is 0 Å². The minimum atomic E-state index is -0.836. The summed E-state index contributed by atoms with van der Waals surface area (Å²) in [6, 6.07) is 6.62. The van der Waals surface area contributed by atoms with E-state index in [1.165, 1.54) is 0 Å². The van der Waals surface area contributed by atoms with Gasteiger partial charge < -0.3 is 19.9 Å². The van der Waals surface area contributed by atoms with Gasteiger partial charge in [0.1, 0.15) is 11.4 Å². The van der Waals surface area contributed by atoms with Crippen LogP contribution in [0.4, 0.5) is 4.79 Å². The Kier molecular flexibility index (Phi) is 5.39. The van der Waals surface area contributed by atoms with Gasteiger partial charge in [-0.25, -0.2) is 4.79 Å². The molecular formula is C15H23NO4. The van der Waals surface area contributed by atoms with Crippen LogP contribution in [-0.4, -0.2) is 30.0 Å². The van der Waals surface area contributed by atoms with Crippen molar-refractivity contribution >= 4 is 6.09 Å². The van der Waals surface area contributed by atoms with Crippen LogP contribution < -0.4 is 10.1 Å². The molecule has 5 nitrogen and oxygen atoms in total. The number of benzene rings is 1. The topological polar surface area (TPSA) is 67.8 Å². The maximum Gasteiger partial charge on any atom is 0.407 e. The van der Waals surface area contributed by atoms with Gasteiger partial charge >= 0.3 is 6.09 Å². The standard InChI is InChI=1S/C15H23NO4/c1-10(16-14(18)20-15(2,3)4)13(17)11-7-6-8-12(9-11)19-5/h6-10,13,17H,1-5H3,(H,16,18). The van der Waals surface area contributed by atoms with Gasteiger partial charge in [-0.1, -0.05) is 12.1 Å². The van der Waals surface area contributed by atoms with Crippen LogP contribution in [-0.2, 0) is 4.74 Å². The van der Waals surface area contributed by atoms with Crippen LogP contribution in [0.2, 0.25) is 0 Å². The Bertz CT molecular complexity index is 453. The molecule has 0 aliphatic heterocycles. The molecule has 1 aromatic rings. The molecule has 0 aliphatic rings. The number of carbonyl (C=O) groups excluding carboxylic acids is 1. The van der Waals surface area contributed by atoms with Crippen molar-refractivity contribution in [1.82, 2.24) is 5.32 Å². The van der Waals surface area contributed by atoms with Gasteiger partial charge in [0.15, 0.2) is 0 Å². The second-order valence-corrected chi connectivity index (χ2v) is 5.66. The Morgan fingerprint density at radius 1 is 1.35 bits per heavy atom. The maximum absolute atomic E-state index is 11.7. The summed E-state index contributed by atoms with van der Waals surface area (Å²) in [5.41, 5.74) is 0.109. The van der Waals surface area contributed by atoms with Crippen molar-refractivity contribution in [1.29, 1.82) is 0 Å². The van der Waals surface area contributed by atoms with Crippen LogP contribution in [0.5, 0.6) is 5.75 Å². The number of carbonyl (C=O) groups is 1. The first-order valence-corrected chi connectivity index (χ1v) is 6.54. The average molecular weight is 281 g/mol. The second kappa shape index (κ2) is 6.61. The maximum atomic E-state index is 11.7. The Hall–Kier alpha value is -1.75. The first-order valence-electron chi connectivity index (χ1n) is 6.54. The van der Waals surface area contributed by atoms with E-state index in [1.807, 2.05) is 0 Å². The molecule has 0 heterocycles. The van der Waals surface area contributed by atoms with E-state index in [1.54, 1.807) is 59.1 Å². The molecule has 2 unspecified atom stereocenters. The van der Waals surface area contributed by atoms with Gasteiger partial charge in [-0.15, -0.1) is 0 Å². The van der Waals surface area contributed by atoms with Crippen LogP contribution in [0.3, 0.4) is 0 Å². The number of ether oxygens (including phenoxy) is 2. The minimum Gasteiger partial charge on any atom is -0.497 e. The molecule has 2 N–H and O–H groups in total. The predicted molar refractivity (Wildman–Crippen MR) is 76.8 cm³/mol. The van der Waals surface area contributed by atoms with Crippen molar-refractivity contribution in [2.75, 3.05) is 7.11 Å². The molecule has 0 radical (unpaired) electrons. The van der Waals surface area contributed by atoms with Gasteiger partial charge in [-0.05, 0) is 45.4 Å². The Balaban J connectivity index is 2.66. The Morgan fingerprint density at radius 2 is 2.00 bits per heavy atom. The van der Waals surface area contributed by atoms with Crippen molar-refractivity contribution in [2.45, 2.75) is 45.4 Å². The summed E-state index contributed by atoms with van der Waals surface area (Å²) in [7, 11) is 1.56. The highest BCUT2D eigenvalue weighted by molar-refractivity contribution is 5.68. The van der Waals surface area contributed by atoms with Crippen molar-refractivity contribution in [3.05, 3.63) is 29.8 Å². The molecule has 0 fully saturated rings. The summed E-state index contributed by atoms with van der Waals surface area (Å²) in [6.45, 7) is 7.08. The van der Waals surface area contributed by atoms with E-state index < -0.39 is 23.8 Å². The third kappa shape index (κ3) is 5.09. The first kappa shape index (κ1) is 16.3. The minimum absolute atomic E-state index is 0.475. The fraction of sp³-hybridized carbons (Fsp3) is 0.533. The Labute approximate surface area is 119 Å². The number of hydrogen-bond acceptors (Lipinski definition) is 4. The number of hydrogen-bond donors (Lipinski definition) is 2. The third-order valence-electron chi connectivity index (χ3n) is 2.65.